The lowest BCUT2D eigenvalue weighted by Gasteiger charge is -2.30. The molecule has 1 aromatic carbocycles. The number of hydrogen-bond donors (Lipinski definition) is 2. The van der Waals surface area contributed by atoms with Crippen LogP contribution in [0, 0.1) is 0 Å². The van der Waals surface area contributed by atoms with Gasteiger partial charge in [-0.2, -0.15) is 20.1 Å². The number of phenols is 1. The van der Waals surface area contributed by atoms with Crippen molar-refractivity contribution < 1.29 is 9.84 Å². The summed E-state index contributed by atoms with van der Waals surface area (Å²) >= 11 is 5.98. The molecule has 154 valence electrons. The van der Waals surface area contributed by atoms with Gasteiger partial charge < -0.3 is 19.6 Å². The smallest absolute Gasteiger partial charge is 0.250 e. The van der Waals surface area contributed by atoms with E-state index in [-0.39, 0.29) is 5.75 Å². The fourth-order valence-electron chi connectivity index (χ4n) is 3.33. The van der Waals surface area contributed by atoms with Gasteiger partial charge in [0.05, 0.1) is 19.4 Å². The summed E-state index contributed by atoms with van der Waals surface area (Å²) in [5, 5.41) is 14.6. The summed E-state index contributed by atoms with van der Waals surface area (Å²) in [5.74, 6) is 1.73. The summed E-state index contributed by atoms with van der Waals surface area (Å²) in [5.41, 5.74) is 3.37. The summed E-state index contributed by atoms with van der Waals surface area (Å²) in [6, 6.07) is 4.78. The molecule has 0 atom stereocenters. The number of morpholine rings is 1. The van der Waals surface area contributed by atoms with E-state index in [1.165, 1.54) is 18.7 Å². The molecule has 0 amide bonds. The number of benzene rings is 1. The highest BCUT2D eigenvalue weighted by Gasteiger charge is 2.20. The van der Waals surface area contributed by atoms with Crippen molar-refractivity contribution in [3.05, 3.63) is 28.8 Å². The third-order valence-electron chi connectivity index (χ3n) is 4.90. The Morgan fingerprint density at radius 3 is 2.41 bits per heavy atom. The molecule has 3 heterocycles. The number of rotatable bonds is 5. The van der Waals surface area contributed by atoms with Gasteiger partial charge >= 0.3 is 0 Å². The largest absolute Gasteiger partial charge is 0.507 e. The van der Waals surface area contributed by atoms with E-state index in [0.717, 1.165) is 39.0 Å². The lowest BCUT2D eigenvalue weighted by Crippen LogP contribution is -2.38. The first-order valence-corrected chi connectivity index (χ1v) is 10.2. The number of ether oxygens (including phenoxy) is 1. The number of hydrogen-bond acceptors (Lipinski definition) is 9. The quantitative estimate of drug-likeness (QED) is 0.565. The topological polar surface area (TPSA) is 99.0 Å². The molecule has 2 aromatic rings. The van der Waals surface area contributed by atoms with E-state index in [1.54, 1.807) is 12.1 Å². The van der Waals surface area contributed by atoms with Crippen molar-refractivity contribution in [2.45, 2.75) is 19.3 Å². The van der Waals surface area contributed by atoms with Crippen molar-refractivity contribution in [1.29, 1.82) is 0 Å². The van der Waals surface area contributed by atoms with Gasteiger partial charge in [-0.15, -0.1) is 0 Å². The number of aromatic nitrogens is 3. The van der Waals surface area contributed by atoms with Crippen LogP contribution in [0.1, 0.15) is 24.8 Å². The Kier molecular flexibility index (Phi) is 6.26. The number of hydrazone groups is 1. The molecule has 10 heteroatoms. The second kappa shape index (κ2) is 9.23. The number of halogens is 1. The number of phenolic OH excluding ortho intramolecular Hbond substituents is 1. The molecule has 0 bridgehead atoms. The van der Waals surface area contributed by atoms with Crippen LogP contribution in [-0.2, 0) is 4.74 Å². The average Bonchev–Trinajstić information content (AvgIpc) is 2.77. The van der Waals surface area contributed by atoms with Gasteiger partial charge in [-0.05, 0) is 37.5 Å². The van der Waals surface area contributed by atoms with Crippen LogP contribution in [0.4, 0.5) is 17.8 Å². The van der Waals surface area contributed by atoms with E-state index in [2.05, 4.69) is 30.3 Å². The average molecular weight is 418 g/mol. The molecule has 2 saturated heterocycles. The molecule has 0 unspecified atom stereocenters. The molecule has 0 spiro atoms. The van der Waals surface area contributed by atoms with Gasteiger partial charge in [0.15, 0.2) is 0 Å². The van der Waals surface area contributed by atoms with Crippen molar-refractivity contribution in [1.82, 2.24) is 15.0 Å². The van der Waals surface area contributed by atoms with Crippen molar-refractivity contribution in [2.75, 3.05) is 54.6 Å². The second-order valence-corrected chi connectivity index (χ2v) is 7.42. The van der Waals surface area contributed by atoms with Crippen LogP contribution >= 0.6 is 11.6 Å². The third kappa shape index (κ3) is 5.04. The molecule has 1 aromatic heterocycles. The first-order valence-electron chi connectivity index (χ1n) is 9.80. The maximum atomic E-state index is 9.92. The zero-order valence-corrected chi connectivity index (χ0v) is 16.8. The van der Waals surface area contributed by atoms with E-state index in [9.17, 15) is 5.11 Å². The summed E-state index contributed by atoms with van der Waals surface area (Å²) < 4.78 is 5.44. The Bertz CT molecular complexity index is 831. The number of nitrogens with zero attached hydrogens (tertiary/aromatic N) is 6. The number of piperidine rings is 1. The van der Waals surface area contributed by atoms with Crippen LogP contribution in [0.25, 0.3) is 0 Å². The van der Waals surface area contributed by atoms with Crippen LogP contribution in [0.3, 0.4) is 0 Å². The van der Waals surface area contributed by atoms with Gasteiger partial charge in [-0.25, -0.2) is 5.43 Å². The lowest BCUT2D eigenvalue weighted by molar-refractivity contribution is 0.122. The zero-order valence-electron chi connectivity index (χ0n) is 16.1. The predicted octanol–water partition coefficient (Wildman–Crippen LogP) is 2.50. The van der Waals surface area contributed by atoms with E-state index in [0.29, 0.717) is 41.6 Å². The van der Waals surface area contributed by atoms with Crippen molar-refractivity contribution in [3.8, 4) is 5.75 Å². The van der Waals surface area contributed by atoms with Gasteiger partial charge in [-0.1, -0.05) is 11.6 Å². The Morgan fingerprint density at radius 1 is 1.00 bits per heavy atom. The molecule has 29 heavy (non-hydrogen) atoms. The molecule has 2 aliphatic heterocycles. The van der Waals surface area contributed by atoms with Crippen LogP contribution in [0.2, 0.25) is 5.02 Å². The Balaban J connectivity index is 1.57. The van der Waals surface area contributed by atoms with Crippen LogP contribution in [-0.4, -0.2) is 65.7 Å². The molecule has 0 radical (unpaired) electrons. The molecule has 2 fully saturated rings. The van der Waals surface area contributed by atoms with Crippen LogP contribution in [0.15, 0.2) is 23.3 Å². The maximum Gasteiger partial charge on any atom is 0.250 e. The van der Waals surface area contributed by atoms with Gasteiger partial charge in [-0.3, -0.25) is 0 Å². The molecule has 9 nitrogen and oxygen atoms in total. The van der Waals surface area contributed by atoms with Gasteiger partial charge in [0, 0.05) is 36.8 Å². The van der Waals surface area contributed by atoms with Crippen molar-refractivity contribution in [3.63, 3.8) is 0 Å². The minimum atomic E-state index is 0.0959. The molecule has 0 saturated carbocycles. The SMILES string of the molecule is Oc1ccc(Cl)cc1/C=N\Nc1nc(N2CCCCC2)nc(N2CCOCC2)n1. The highest BCUT2D eigenvalue weighted by atomic mass is 35.5. The third-order valence-corrected chi connectivity index (χ3v) is 5.14. The first-order chi connectivity index (χ1) is 14.2. The fraction of sp³-hybridized carbons (Fsp3) is 0.474. The van der Waals surface area contributed by atoms with Gasteiger partial charge in [0.25, 0.3) is 0 Å². The predicted molar refractivity (Wildman–Crippen MR) is 113 cm³/mol. The summed E-state index contributed by atoms with van der Waals surface area (Å²) in [4.78, 5) is 18.1. The Morgan fingerprint density at radius 2 is 1.69 bits per heavy atom. The normalized spacial score (nSPS) is 17.7. The number of aromatic hydroxyl groups is 1. The zero-order chi connectivity index (χ0) is 20.1. The van der Waals surface area contributed by atoms with Crippen LogP contribution < -0.4 is 15.2 Å². The Labute approximate surface area is 174 Å². The van der Waals surface area contributed by atoms with E-state index >= 15 is 0 Å². The Hall–Kier alpha value is -2.65. The molecule has 4 rings (SSSR count). The minimum absolute atomic E-state index is 0.0959. The van der Waals surface area contributed by atoms with Crippen molar-refractivity contribution >= 4 is 35.7 Å². The van der Waals surface area contributed by atoms with E-state index in [4.69, 9.17) is 21.3 Å². The highest BCUT2D eigenvalue weighted by molar-refractivity contribution is 6.30. The summed E-state index contributed by atoms with van der Waals surface area (Å²) in [6.45, 7) is 4.65. The second-order valence-electron chi connectivity index (χ2n) is 6.98. The van der Waals surface area contributed by atoms with Crippen molar-refractivity contribution in [2.24, 2.45) is 5.10 Å². The highest BCUT2D eigenvalue weighted by Crippen LogP contribution is 2.22. The minimum Gasteiger partial charge on any atom is -0.507 e. The number of nitrogens with one attached hydrogen (secondary N) is 1. The summed E-state index contributed by atoms with van der Waals surface area (Å²) in [7, 11) is 0. The molecule has 0 aliphatic carbocycles. The monoisotopic (exact) mass is 417 g/mol. The van der Waals surface area contributed by atoms with Gasteiger partial charge in [0.2, 0.25) is 17.8 Å². The van der Waals surface area contributed by atoms with E-state index in [1.807, 2.05) is 0 Å². The molecular weight excluding hydrogens is 394 g/mol. The van der Waals surface area contributed by atoms with Gasteiger partial charge in [0.1, 0.15) is 5.75 Å². The number of anilines is 3. The first kappa shape index (κ1) is 19.7. The molecule has 2 aliphatic rings. The van der Waals surface area contributed by atoms with E-state index < -0.39 is 0 Å². The maximum absolute atomic E-state index is 9.92. The lowest BCUT2D eigenvalue weighted by atomic mass is 10.1. The van der Waals surface area contributed by atoms with Crippen LogP contribution in [0.5, 0.6) is 5.75 Å². The molecular formula is C19H24ClN7O2. The summed E-state index contributed by atoms with van der Waals surface area (Å²) in [6.07, 6.45) is 4.98. The fourth-order valence-corrected chi connectivity index (χ4v) is 3.51. The standard InChI is InChI=1S/C19H24ClN7O2/c20-15-4-5-16(28)14(12-15)13-21-25-17-22-18(26-6-2-1-3-7-26)24-19(23-17)27-8-10-29-11-9-27/h4-5,12-13,28H,1-3,6-11H2,(H,22,23,24,25)/b21-13-. The molecule has 2 N–H and O–H groups in total.